The summed E-state index contributed by atoms with van der Waals surface area (Å²) in [5.41, 5.74) is 4.79. The second-order valence-corrected chi connectivity index (χ2v) is 6.49. The molecule has 1 aliphatic rings. The number of aromatic nitrogens is 5. The summed E-state index contributed by atoms with van der Waals surface area (Å²) in [6.07, 6.45) is 8.55. The maximum atomic E-state index is 14.6. The third-order valence-electron chi connectivity index (χ3n) is 5.01. The lowest BCUT2D eigenvalue weighted by molar-refractivity contribution is 0.404. The van der Waals surface area contributed by atoms with Crippen molar-refractivity contribution >= 4 is 11.2 Å². The molecule has 6 heteroatoms. The van der Waals surface area contributed by atoms with Crippen molar-refractivity contribution in [2.45, 2.75) is 25.2 Å². The number of imidazole rings is 1. The van der Waals surface area contributed by atoms with E-state index in [0.29, 0.717) is 17.4 Å². The molecule has 4 aromatic rings. The molecule has 0 unspecified atom stereocenters. The number of hydrogen-bond acceptors (Lipinski definition) is 3. The highest BCUT2D eigenvalue weighted by Crippen LogP contribution is 2.39. The number of nitrogens with one attached hydrogen (secondary N) is 2. The highest BCUT2D eigenvalue weighted by atomic mass is 19.1. The summed E-state index contributed by atoms with van der Waals surface area (Å²) in [6, 6.07) is 7.40. The maximum absolute atomic E-state index is 14.6. The molecule has 2 N–H and O–H groups in total. The number of fused-ring (bicyclic) bond motifs is 1. The van der Waals surface area contributed by atoms with Gasteiger partial charge in [0.1, 0.15) is 17.2 Å². The fraction of sp³-hybridized carbons (Fsp3) is 0.211. The van der Waals surface area contributed by atoms with Gasteiger partial charge in [-0.2, -0.15) is 5.10 Å². The van der Waals surface area contributed by atoms with Crippen LogP contribution in [0.5, 0.6) is 0 Å². The van der Waals surface area contributed by atoms with Crippen molar-refractivity contribution in [1.29, 1.82) is 0 Å². The molecular formula is C19H16FN5. The number of hydrogen-bond donors (Lipinski definition) is 2. The molecule has 0 amide bonds. The number of H-pyrrole nitrogens is 2. The minimum atomic E-state index is -0.127. The van der Waals surface area contributed by atoms with Crippen LogP contribution < -0.4 is 0 Å². The van der Waals surface area contributed by atoms with Crippen molar-refractivity contribution in [2.75, 3.05) is 0 Å². The molecule has 3 heterocycles. The molecule has 25 heavy (non-hydrogen) atoms. The largest absolute Gasteiger partial charge is 0.323 e. The van der Waals surface area contributed by atoms with Crippen LogP contribution in [0.2, 0.25) is 0 Å². The molecular weight excluding hydrogens is 317 g/mol. The van der Waals surface area contributed by atoms with Crippen molar-refractivity contribution in [3.05, 3.63) is 54.2 Å². The lowest BCUT2D eigenvalue weighted by Crippen LogP contribution is -2.10. The highest BCUT2D eigenvalue weighted by Gasteiger charge is 2.23. The summed E-state index contributed by atoms with van der Waals surface area (Å²) in [5.74, 6) is 0.942. The number of rotatable bonds is 3. The van der Waals surface area contributed by atoms with Crippen LogP contribution >= 0.6 is 0 Å². The van der Waals surface area contributed by atoms with Gasteiger partial charge in [-0.1, -0.05) is 18.6 Å². The first-order chi connectivity index (χ1) is 12.3. The number of nitrogens with zero attached hydrogens (tertiary/aromatic N) is 3. The Balaban J connectivity index is 1.61. The van der Waals surface area contributed by atoms with E-state index in [1.165, 1.54) is 6.42 Å². The molecule has 0 radical (unpaired) electrons. The standard InChI is InChI=1S/C19H16FN5/c20-16-8-12(4-5-14(16)11-2-1-3-11)15-6-7-21-19-17(15)24-18(25-19)13-9-22-23-10-13/h4-11H,1-3H2,(H,22,23)(H,21,24,25). The zero-order valence-corrected chi connectivity index (χ0v) is 13.5. The summed E-state index contributed by atoms with van der Waals surface area (Å²) in [6.45, 7) is 0. The predicted octanol–water partition coefficient (Wildman–Crippen LogP) is 4.42. The second kappa shape index (κ2) is 5.51. The SMILES string of the molecule is Fc1cc(-c2ccnc3[nH]c(-c4cn[nH]c4)nc23)ccc1C1CCC1. The van der Waals surface area contributed by atoms with E-state index in [9.17, 15) is 4.39 Å². The van der Waals surface area contributed by atoms with Gasteiger partial charge >= 0.3 is 0 Å². The monoisotopic (exact) mass is 333 g/mol. The average Bonchev–Trinajstić information content (AvgIpc) is 3.23. The molecule has 0 aliphatic heterocycles. The van der Waals surface area contributed by atoms with Crippen LogP contribution in [-0.4, -0.2) is 25.1 Å². The third kappa shape index (κ3) is 2.33. The summed E-state index contributed by atoms with van der Waals surface area (Å²) in [7, 11) is 0. The minimum Gasteiger partial charge on any atom is -0.323 e. The van der Waals surface area contributed by atoms with Gasteiger partial charge in [0.25, 0.3) is 0 Å². The molecule has 1 aromatic carbocycles. The van der Waals surface area contributed by atoms with E-state index in [-0.39, 0.29) is 5.82 Å². The average molecular weight is 333 g/mol. The van der Waals surface area contributed by atoms with Crippen LogP contribution in [0.1, 0.15) is 30.7 Å². The van der Waals surface area contributed by atoms with Gasteiger partial charge < -0.3 is 4.98 Å². The van der Waals surface area contributed by atoms with Crippen molar-refractivity contribution < 1.29 is 4.39 Å². The Morgan fingerprint density at radius 3 is 2.76 bits per heavy atom. The summed E-state index contributed by atoms with van der Waals surface area (Å²) in [5, 5.41) is 6.72. The Morgan fingerprint density at radius 2 is 2.04 bits per heavy atom. The topological polar surface area (TPSA) is 70.2 Å². The van der Waals surface area contributed by atoms with E-state index in [2.05, 4.69) is 25.1 Å². The van der Waals surface area contributed by atoms with Gasteiger partial charge in [-0.25, -0.2) is 14.4 Å². The Labute approximate surface area is 143 Å². The molecule has 0 atom stereocenters. The van der Waals surface area contributed by atoms with Gasteiger partial charge in [-0.15, -0.1) is 0 Å². The summed E-state index contributed by atoms with van der Waals surface area (Å²) in [4.78, 5) is 12.2. The normalized spacial score (nSPS) is 14.8. The number of halogens is 1. The van der Waals surface area contributed by atoms with Crippen LogP contribution in [0.4, 0.5) is 4.39 Å². The summed E-state index contributed by atoms with van der Waals surface area (Å²) < 4.78 is 14.6. The van der Waals surface area contributed by atoms with E-state index >= 15 is 0 Å². The molecule has 1 aliphatic carbocycles. The minimum absolute atomic E-state index is 0.127. The van der Waals surface area contributed by atoms with Gasteiger partial charge in [0.05, 0.1) is 11.8 Å². The first kappa shape index (κ1) is 14.3. The van der Waals surface area contributed by atoms with Crippen molar-refractivity contribution in [1.82, 2.24) is 25.1 Å². The van der Waals surface area contributed by atoms with Crippen molar-refractivity contribution in [3.63, 3.8) is 0 Å². The van der Waals surface area contributed by atoms with Crippen LogP contribution in [0.3, 0.4) is 0 Å². The van der Waals surface area contributed by atoms with Crippen LogP contribution in [0, 0.1) is 5.82 Å². The smallest absolute Gasteiger partial charge is 0.158 e. The second-order valence-electron chi connectivity index (χ2n) is 6.49. The number of benzene rings is 1. The predicted molar refractivity (Wildman–Crippen MR) is 93.5 cm³/mol. The molecule has 0 saturated heterocycles. The van der Waals surface area contributed by atoms with E-state index < -0.39 is 0 Å². The van der Waals surface area contributed by atoms with E-state index in [0.717, 1.165) is 40.6 Å². The Hall–Kier alpha value is -3.02. The summed E-state index contributed by atoms with van der Waals surface area (Å²) >= 11 is 0. The highest BCUT2D eigenvalue weighted by molar-refractivity contribution is 5.91. The van der Waals surface area contributed by atoms with Crippen molar-refractivity contribution in [3.8, 4) is 22.5 Å². The van der Waals surface area contributed by atoms with Gasteiger partial charge in [0.2, 0.25) is 0 Å². The Bertz CT molecular complexity index is 1050. The lowest BCUT2D eigenvalue weighted by atomic mass is 9.79. The van der Waals surface area contributed by atoms with Gasteiger partial charge in [-0.05, 0) is 42.0 Å². The molecule has 0 spiro atoms. The fourth-order valence-corrected chi connectivity index (χ4v) is 3.41. The molecule has 1 saturated carbocycles. The molecule has 3 aromatic heterocycles. The van der Waals surface area contributed by atoms with Gasteiger partial charge in [-0.3, -0.25) is 5.10 Å². The van der Waals surface area contributed by atoms with Crippen molar-refractivity contribution in [2.24, 2.45) is 0 Å². The maximum Gasteiger partial charge on any atom is 0.158 e. The Kier molecular flexibility index (Phi) is 3.16. The molecule has 124 valence electrons. The zero-order chi connectivity index (χ0) is 16.8. The Morgan fingerprint density at radius 1 is 1.12 bits per heavy atom. The molecule has 0 bridgehead atoms. The van der Waals surface area contributed by atoms with Crippen LogP contribution in [0.25, 0.3) is 33.7 Å². The quantitative estimate of drug-likeness (QED) is 0.583. The molecule has 1 fully saturated rings. The first-order valence-electron chi connectivity index (χ1n) is 8.43. The van der Waals surface area contributed by atoms with Gasteiger partial charge in [0, 0.05) is 18.0 Å². The number of aromatic amines is 2. The third-order valence-corrected chi connectivity index (χ3v) is 5.01. The molecule has 5 nitrogen and oxygen atoms in total. The number of pyridine rings is 1. The fourth-order valence-electron chi connectivity index (χ4n) is 3.41. The van der Waals surface area contributed by atoms with E-state index in [4.69, 9.17) is 0 Å². The first-order valence-corrected chi connectivity index (χ1v) is 8.43. The molecule has 5 rings (SSSR count). The zero-order valence-electron chi connectivity index (χ0n) is 13.5. The van der Waals surface area contributed by atoms with Gasteiger partial charge in [0.15, 0.2) is 5.65 Å². The van der Waals surface area contributed by atoms with Crippen LogP contribution in [-0.2, 0) is 0 Å². The van der Waals surface area contributed by atoms with E-state index in [1.807, 2.05) is 18.2 Å². The lowest BCUT2D eigenvalue weighted by Gasteiger charge is -2.26. The van der Waals surface area contributed by atoms with E-state index in [1.54, 1.807) is 24.7 Å². The van der Waals surface area contributed by atoms with Crippen LogP contribution in [0.15, 0.2) is 42.9 Å².